The summed E-state index contributed by atoms with van der Waals surface area (Å²) < 4.78 is 11.4. The van der Waals surface area contributed by atoms with Crippen LogP contribution in [0.25, 0.3) is 0 Å². The third-order valence-corrected chi connectivity index (χ3v) is 3.10. The van der Waals surface area contributed by atoms with Crippen molar-refractivity contribution in [2.24, 2.45) is 0 Å². The smallest absolute Gasteiger partial charge is 0.0961 e. The molecule has 1 fully saturated rings. The third kappa shape index (κ3) is 5.28. The lowest BCUT2D eigenvalue weighted by molar-refractivity contribution is -0.0692. The van der Waals surface area contributed by atoms with Crippen molar-refractivity contribution in [3.05, 3.63) is 0 Å². The molecule has 0 aromatic rings. The predicted octanol–water partition coefficient (Wildman–Crippen LogP) is 2.35. The van der Waals surface area contributed by atoms with Crippen LogP contribution in [0, 0.1) is 0 Å². The highest BCUT2D eigenvalue weighted by molar-refractivity contribution is 4.80. The minimum atomic E-state index is 0.260. The molecular formula is C13H27NO2. The Bertz CT molecular complexity index is 162. The van der Waals surface area contributed by atoms with Gasteiger partial charge < -0.3 is 14.8 Å². The Balaban J connectivity index is 2.11. The van der Waals surface area contributed by atoms with Gasteiger partial charge in [0.25, 0.3) is 0 Å². The van der Waals surface area contributed by atoms with Crippen molar-refractivity contribution in [2.45, 2.75) is 58.1 Å². The molecule has 3 nitrogen and oxygen atoms in total. The van der Waals surface area contributed by atoms with Gasteiger partial charge >= 0.3 is 0 Å². The molecule has 0 aromatic carbocycles. The van der Waals surface area contributed by atoms with Gasteiger partial charge in [-0.3, -0.25) is 0 Å². The summed E-state index contributed by atoms with van der Waals surface area (Å²) in [6, 6.07) is 0.491. The van der Waals surface area contributed by atoms with Gasteiger partial charge in [0.05, 0.1) is 12.7 Å². The van der Waals surface area contributed by atoms with Gasteiger partial charge in [0.15, 0.2) is 0 Å². The van der Waals surface area contributed by atoms with Gasteiger partial charge in [-0.1, -0.05) is 33.1 Å². The lowest BCUT2D eigenvalue weighted by Crippen LogP contribution is -2.47. The van der Waals surface area contributed by atoms with E-state index in [9.17, 15) is 0 Å². The van der Waals surface area contributed by atoms with Gasteiger partial charge in [-0.15, -0.1) is 0 Å². The van der Waals surface area contributed by atoms with Crippen molar-refractivity contribution in [3.63, 3.8) is 0 Å². The van der Waals surface area contributed by atoms with E-state index in [0.29, 0.717) is 6.04 Å². The minimum absolute atomic E-state index is 0.260. The quantitative estimate of drug-likeness (QED) is 0.648. The highest BCUT2D eigenvalue weighted by Crippen LogP contribution is 2.12. The fraction of sp³-hybridized carbons (Fsp3) is 1.00. The summed E-state index contributed by atoms with van der Waals surface area (Å²) in [5.41, 5.74) is 0. The largest absolute Gasteiger partial charge is 0.379 e. The molecule has 2 atom stereocenters. The molecule has 0 aliphatic carbocycles. The van der Waals surface area contributed by atoms with E-state index in [1.807, 2.05) is 0 Å². The zero-order valence-electron chi connectivity index (χ0n) is 10.8. The Kier molecular flexibility index (Phi) is 7.81. The molecule has 1 aliphatic heterocycles. The number of ether oxygens (including phenoxy) is 2. The van der Waals surface area contributed by atoms with Crippen LogP contribution in [0.15, 0.2) is 0 Å². The molecule has 1 saturated heterocycles. The molecule has 3 heteroatoms. The van der Waals surface area contributed by atoms with Crippen LogP contribution in [0.5, 0.6) is 0 Å². The first-order valence-corrected chi connectivity index (χ1v) is 6.81. The summed E-state index contributed by atoms with van der Waals surface area (Å²) in [5, 5.41) is 3.48. The Labute approximate surface area is 99.9 Å². The fourth-order valence-electron chi connectivity index (χ4n) is 2.14. The lowest BCUT2D eigenvalue weighted by atomic mass is 10.1. The molecule has 0 spiro atoms. The number of unbranched alkanes of at least 4 members (excludes halogenated alkanes) is 3. The minimum Gasteiger partial charge on any atom is -0.379 e. The molecule has 1 rings (SSSR count). The molecule has 1 N–H and O–H groups in total. The zero-order chi connectivity index (χ0) is 11.6. The van der Waals surface area contributed by atoms with E-state index >= 15 is 0 Å². The number of nitrogens with one attached hydrogen (secondary N) is 1. The molecule has 0 bridgehead atoms. The van der Waals surface area contributed by atoms with Crippen molar-refractivity contribution in [1.29, 1.82) is 0 Å². The normalized spacial score (nSPS) is 25.9. The molecular weight excluding hydrogens is 202 g/mol. The van der Waals surface area contributed by atoms with Crippen LogP contribution in [0.4, 0.5) is 0 Å². The van der Waals surface area contributed by atoms with E-state index in [2.05, 4.69) is 19.2 Å². The molecule has 1 aliphatic rings. The SMILES string of the molecule is CCCCCCOC1COCCC1NCC. The Morgan fingerprint density at radius 1 is 1.25 bits per heavy atom. The van der Waals surface area contributed by atoms with Gasteiger partial charge in [0.2, 0.25) is 0 Å². The Morgan fingerprint density at radius 2 is 2.12 bits per heavy atom. The summed E-state index contributed by atoms with van der Waals surface area (Å²) in [5.74, 6) is 0. The second kappa shape index (κ2) is 8.97. The first kappa shape index (κ1) is 13.9. The standard InChI is InChI=1S/C13H27NO2/c1-3-5-6-7-9-16-13-11-15-10-8-12(13)14-4-2/h12-14H,3-11H2,1-2H3. The summed E-state index contributed by atoms with van der Waals surface area (Å²) in [7, 11) is 0. The third-order valence-electron chi connectivity index (χ3n) is 3.10. The maximum Gasteiger partial charge on any atom is 0.0961 e. The number of hydrogen-bond acceptors (Lipinski definition) is 3. The highest BCUT2D eigenvalue weighted by atomic mass is 16.5. The maximum absolute atomic E-state index is 5.91. The van der Waals surface area contributed by atoms with Crippen molar-refractivity contribution < 1.29 is 9.47 Å². The van der Waals surface area contributed by atoms with Crippen molar-refractivity contribution in [2.75, 3.05) is 26.4 Å². The average molecular weight is 229 g/mol. The van der Waals surface area contributed by atoms with Crippen molar-refractivity contribution >= 4 is 0 Å². The van der Waals surface area contributed by atoms with Crippen LogP contribution in [-0.2, 0) is 9.47 Å². The molecule has 0 amide bonds. The van der Waals surface area contributed by atoms with Gasteiger partial charge in [0, 0.05) is 19.3 Å². The van der Waals surface area contributed by atoms with Gasteiger partial charge in [-0.2, -0.15) is 0 Å². The second-order valence-electron chi connectivity index (χ2n) is 4.50. The lowest BCUT2D eigenvalue weighted by Gasteiger charge is -2.32. The van der Waals surface area contributed by atoms with Gasteiger partial charge in [0.1, 0.15) is 0 Å². The Hall–Kier alpha value is -0.120. The van der Waals surface area contributed by atoms with Crippen LogP contribution in [0.3, 0.4) is 0 Å². The number of hydrogen-bond donors (Lipinski definition) is 1. The summed E-state index contributed by atoms with van der Waals surface area (Å²) >= 11 is 0. The van der Waals surface area contributed by atoms with E-state index < -0.39 is 0 Å². The van der Waals surface area contributed by atoms with Crippen molar-refractivity contribution in [3.8, 4) is 0 Å². The molecule has 96 valence electrons. The molecule has 2 unspecified atom stereocenters. The molecule has 0 aromatic heterocycles. The summed E-state index contributed by atoms with van der Waals surface area (Å²) in [6.45, 7) is 7.90. The highest BCUT2D eigenvalue weighted by Gasteiger charge is 2.25. The average Bonchev–Trinajstić information content (AvgIpc) is 2.31. The van der Waals surface area contributed by atoms with Crippen LogP contribution in [0.2, 0.25) is 0 Å². The molecule has 0 radical (unpaired) electrons. The second-order valence-corrected chi connectivity index (χ2v) is 4.50. The van der Waals surface area contributed by atoms with Crippen LogP contribution >= 0.6 is 0 Å². The van der Waals surface area contributed by atoms with Crippen LogP contribution < -0.4 is 5.32 Å². The number of likely N-dealkylation sites (N-methyl/N-ethyl adjacent to an activating group) is 1. The van der Waals surface area contributed by atoms with Crippen molar-refractivity contribution in [1.82, 2.24) is 5.32 Å². The Morgan fingerprint density at radius 3 is 2.88 bits per heavy atom. The fourth-order valence-corrected chi connectivity index (χ4v) is 2.14. The zero-order valence-corrected chi connectivity index (χ0v) is 10.8. The first-order valence-electron chi connectivity index (χ1n) is 6.81. The van der Waals surface area contributed by atoms with Gasteiger partial charge in [-0.05, 0) is 19.4 Å². The maximum atomic E-state index is 5.91. The van der Waals surface area contributed by atoms with E-state index in [1.54, 1.807) is 0 Å². The van der Waals surface area contributed by atoms with E-state index in [4.69, 9.17) is 9.47 Å². The predicted molar refractivity (Wildman–Crippen MR) is 66.8 cm³/mol. The molecule has 16 heavy (non-hydrogen) atoms. The first-order chi connectivity index (χ1) is 7.88. The van der Waals surface area contributed by atoms with Crippen LogP contribution in [0.1, 0.15) is 46.0 Å². The van der Waals surface area contributed by atoms with E-state index in [1.165, 1.54) is 25.7 Å². The van der Waals surface area contributed by atoms with Crippen LogP contribution in [-0.4, -0.2) is 38.5 Å². The molecule has 1 heterocycles. The number of rotatable bonds is 8. The van der Waals surface area contributed by atoms with E-state index in [-0.39, 0.29) is 6.10 Å². The molecule has 0 saturated carbocycles. The summed E-state index contributed by atoms with van der Waals surface area (Å²) in [4.78, 5) is 0. The van der Waals surface area contributed by atoms with E-state index in [0.717, 1.165) is 32.8 Å². The summed E-state index contributed by atoms with van der Waals surface area (Å²) in [6.07, 6.45) is 6.41. The monoisotopic (exact) mass is 229 g/mol. The van der Waals surface area contributed by atoms with Gasteiger partial charge in [-0.25, -0.2) is 0 Å². The topological polar surface area (TPSA) is 30.5 Å².